The maximum absolute atomic E-state index is 12.8. The largest absolute Gasteiger partial charge is 0.275 e. The lowest BCUT2D eigenvalue weighted by molar-refractivity contribution is 0.150. The van der Waals surface area contributed by atoms with Crippen LogP contribution in [0.3, 0.4) is 0 Å². The predicted molar refractivity (Wildman–Crippen MR) is 78.9 cm³/mol. The molecule has 5 nitrogen and oxygen atoms in total. The van der Waals surface area contributed by atoms with E-state index >= 15 is 0 Å². The molecule has 0 unspecified atom stereocenters. The normalized spacial score (nSPS) is 12.0. The van der Waals surface area contributed by atoms with Gasteiger partial charge in [0.1, 0.15) is 5.82 Å². The zero-order valence-electron chi connectivity index (χ0n) is 12.3. The summed E-state index contributed by atoms with van der Waals surface area (Å²) < 4.78 is 65.7. The molecule has 0 aliphatic heterocycles. The first kappa shape index (κ1) is 17.5. The summed E-state index contributed by atoms with van der Waals surface area (Å²) in [7, 11) is -2.17. The zero-order chi connectivity index (χ0) is 17.0. The fraction of sp³-hybridized carbons (Fsp3) is 0.357. The summed E-state index contributed by atoms with van der Waals surface area (Å²) in [5.41, 5.74) is 0.365. The van der Waals surface area contributed by atoms with Gasteiger partial charge in [0.25, 0.3) is 6.43 Å². The fourth-order valence-electron chi connectivity index (χ4n) is 2.03. The van der Waals surface area contributed by atoms with Crippen LogP contribution in [0, 0.1) is 5.82 Å². The molecule has 0 bridgehead atoms. The second-order valence-electron chi connectivity index (χ2n) is 5.02. The molecule has 0 atom stereocenters. The van der Waals surface area contributed by atoms with Gasteiger partial charge in [0.15, 0.2) is 0 Å². The first-order valence-electron chi connectivity index (χ1n) is 6.79. The van der Waals surface area contributed by atoms with Crippen molar-refractivity contribution in [3.05, 3.63) is 53.1 Å². The Labute approximate surface area is 132 Å². The Bertz CT molecular complexity index is 758. The van der Waals surface area contributed by atoms with Gasteiger partial charge in [-0.1, -0.05) is 12.1 Å². The summed E-state index contributed by atoms with van der Waals surface area (Å²) in [6.07, 6.45) is -1.37. The van der Waals surface area contributed by atoms with Crippen LogP contribution >= 0.6 is 0 Å². The average Bonchev–Trinajstić information content (AvgIpc) is 2.86. The van der Waals surface area contributed by atoms with E-state index in [1.54, 1.807) is 0 Å². The van der Waals surface area contributed by atoms with E-state index in [-0.39, 0.29) is 30.0 Å². The third-order valence-electron chi connectivity index (χ3n) is 3.20. The van der Waals surface area contributed by atoms with Gasteiger partial charge in [0, 0.05) is 13.2 Å². The maximum Gasteiger partial charge on any atom is 0.267 e. The third kappa shape index (κ3) is 5.07. The SMILES string of the molecule is Cn1cc(C(F)F)c(CNS(=O)(=O)CCc2ccc(F)cc2)n1. The number of aryl methyl sites for hydroxylation is 2. The number of sulfonamides is 1. The summed E-state index contributed by atoms with van der Waals surface area (Å²) in [5.74, 6) is -0.625. The van der Waals surface area contributed by atoms with Gasteiger partial charge in [-0.3, -0.25) is 4.68 Å². The molecule has 23 heavy (non-hydrogen) atoms. The minimum Gasteiger partial charge on any atom is -0.275 e. The summed E-state index contributed by atoms with van der Waals surface area (Å²) in [5, 5.41) is 3.83. The number of rotatable bonds is 7. The van der Waals surface area contributed by atoms with Gasteiger partial charge in [-0.2, -0.15) is 5.10 Å². The van der Waals surface area contributed by atoms with E-state index in [0.717, 1.165) is 6.20 Å². The molecular weight excluding hydrogens is 331 g/mol. The Kier molecular flexibility index (Phi) is 5.42. The molecule has 1 aromatic carbocycles. The summed E-state index contributed by atoms with van der Waals surface area (Å²) >= 11 is 0. The van der Waals surface area contributed by atoms with Crippen LogP contribution in [0.1, 0.15) is 23.2 Å². The van der Waals surface area contributed by atoms with Crippen molar-refractivity contribution in [3.8, 4) is 0 Å². The van der Waals surface area contributed by atoms with Crippen LogP contribution in [0.2, 0.25) is 0 Å². The van der Waals surface area contributed by atoms with E-state index in [1.807, 2.05) is 0 Å². The Hall–Kier alpha value is -1.87. The predicted octanol–water partition coefficient (Wildman–Crippen LogP) is 2.16. The first-order valence-corrected chi connectivity index (χ1v) is 8.44. The van der Waals surface area contributed by atoms with Crippen LogP contribution in [-0.2, 0) is 30.0 Å². The van der Waals surface area contributed by atoms with Crippen LogP contribution in [0.5, 0.6) is 0 Å². The molecular formula is C14H16F3N3O2S. The van der Waals surface area contributed by atoms with Gasteiger partial charge in [0.05, 0.1) is 23.6 Å². The average molecular weight is 347 g/mol. The van der Waals surface area contributed by atoms with Crippen LogP contribution in [0.25, 0.3) is 0 Å². The number of hydrogen-bond acceptors (Lipinski definition) is 3. The van der Waals surface area contributed by atoms with Crippen molar-refractivity contribution in [3.63, 3.8) is 0 Å². The number of nitrogens with one attached hydrogen (secondary N) is 1. The third-order valence-corrected chi connectivity index (χ3v) is 4.53. The van der Waals surface area contributed by atoms with Gasteiger partial charge in [0.2, 0.25) is 10.0 Å². The molecule has 2 aromatic rings. The standard InChI is InChI=1S/C14H16F3N3O2S/c1-20-9-12(14(16)17)13(19-20)8-18-23(21,22)7-6-10-2-4-11(15)5-3-10/h2-5,9,14,18H,6-8H2,1H3. The minimum atomic E-state index is -3.66. The Morgan fingerprint density at radius 3 is 2.52 bits per heavy atom. The van der Waals surface area contributed by atoms with Gasteiger partial charge < -0.3 is 0 Å². The van der Waals surface area contributed by atoms with Crippen molar-refractivity contribution < 1.29 is 21.6 Å². The van der Waals surface area contributed by atoms with E-state index in [0.29, 0.717) is 5.56 Å². The summed E-state index contributed by atoms with van der Waals surface area (Å²) in [4.78, 5) is 0. The first-order chi connectivity index (χ1) is 10.8. The molecule has 0 fully saturated rings. The van der Waals surface area contributed by atoms with Gasteiger partial charge in [-0.25, -0.2) is 26.3 Å². The molecule has 0 spiro atoms. The molecule has 0 radical (unpaired) electrons. The summed E-state index contributed by atoms with van der Waals surface area (Å²) in [6, 6.07) is 5.49. The minimum absolute atomic E-state index is 0.00661. The molecule has 2 rings (SSSR count). The van der Waals surface area contributed by atoms with Crippen LogP contribution in [0.15, 0.2) is 30.5 Å². The Morgan fingerprint density at radius 2 is 1.91 bits per heavy atom. The number of hydrogen-bond donors (Lipinski definition) is 1. The lowest BCUT2D eigenvalue weighted by Crippen LogP contribution is -2.27. The number of nitrogens with zero attached hydrogens (tertiary/aromatic N) is 2. The van der Waals surface area contributed by atoms with E-state index in [2.05, 4.69) is 9.82 Å². The van der Waals surface area contributed by atoms with Crippen molar-refractivity contribution in [2.75, 3.05) is 5.75 Å². The smallest absolute Gasteiger partial charge is 0.267 e. The van der Waals surface area contributed by atoms with Gasteiger partial charge in [-0.05, 0) is 24.1 Å². The summed E-state index contributed by atoms with van der Waals surface area (Å²) in [6.45, 7) is -0.299. The number of alkyl halides is 2. The highest BCUT2D eigenvalue weighted by molar-refractivity contribution is 7.89. The fourth-order valence-corrected chi connectivity index (χ4v) is 3.03. The second kappa shape index (κ2) is 7.14. The van der Waals surface area contributed by atoms with Crippen molar-refractivity contribution in [1.29, 1.82) is 0 Å². The number of benzene rings is 1. The maximum atomic E-state index is 12.8. The number of halogens is 3. The van der Waals surface area contributed by atoms with E-state index in [9.17, 15) is 21.6 Å². The van der Waals surface area contributed by atoms with Gasteiger partial charge >= 0.3 is 0 Å². The monoisotopic (exact) mass is 347 g/mol. The highest BCUT2D eigenvalue weighted by Crippen LogP contribution is 2.21. The molecule has 0 aliphatic carbocycles. The lowest BCUT2D eigenvalue weighted by Gasteiger charge is -2.07. The molecule has 0 saturated heterocycles. The quantitative estimate of drug-likeness (QED) is 0.835. The van der Waals surface area contributed by atoms with Crippen molar-refractivity contribution >= 4 is 10.0 Å². The zero-order valence-corrected chi connectivity index (χ0v) is 13.2. The highest BCUT2D eigenvalue weighted by atomic mass is 32.2. The van der Waals surface area contributed by atoms with Gasteiger partial charge in [-0.15, -0.1) is 0 Å². The van der Waals surface area contributed by atoms with Crippen molar-refractivity contribution in [2.45, 2.75) is 19.4 Å². The van der Waals surface area contributed by atoms with E-state index < -0.39 is 22.3 Å². The Balaban J connectivity index is 1.95. The number of aromatic nitrogens is 2. The molecule has 126 valence electrons. The van der Waals surface area contributed by atoms with Crippen molar-refractivity contribution in [2.24, 2.45) is 7.05 Å². The topological polar surface area (TPSA) is 64.0 Å². The molecule has 1 heterocycles. The molecule has 0 aliphatic rings. The second-order valence-corrected chi connectivity index (χ2v) is 6.95. The lowest BCUT2D eigenvalue weighted by atomic mass is 10.2. The molecule has 0 saturated carbocycles. The molecule has 1 N–H and O–H groups in total. The van der Waals surface area contributed by atoms with Crippen LogP contribution in [-0.4, -0.2) is 24.0 Å². The van der Waals surface area contributed by atoms with Crippen LogP contribution in [0.4, 0.5) is 13.2 Å². The van der Waals surface area contributed by atoms with Crippen LogP contribution < -0.4 is 4.72 Å². The molecule has 9 heteroatoms. The molecule has 1 aromatic heterocycles. The van der Waals surface area contributed by atoms with E-state index in [1.165, 1.54) is 36.0 Å². The molecule has 0 amide bonds. The van der Waals surface area contributed by atoms with Crippen molar-refractivity contribution in [1.82, 2.24) is 14.5 Å². The Morgan fingerprint density at radius 1 is 1.26 bits per heavy atom. The highest BCUT2D eigenvalue weighted by Gasteiger charge is 2.19. The van der Waals surface area contributed by atoms with E-state index in [4.69, 9.17) is 0 Å².